The Bertz CT molecular complexity index is 1110. The molecule has 4 nitrogen and oxygen atoms in total. The van der Waals surface area contributed by atoms with Crippen molar-refractivity contribution in [2.24, 2.45) is 0 Å². The SMILES string of the molecule is Cc1ccc(S(=O)(=O)N2[C@H](C(=O)c3ccccc3)[C@H]2c2ccc(F)cc2)cc1. The van der Waals surface area contributed by atoms with Crippen molar-refractivity contribution in [3.8, 4) is 0 Å². The van der Waals surface area contributed by atoms with Crippen LogP contribution in [0.4, 0.5) is 4.39 Å². The molecule has 1 fully saturated rings. The minimum Gasteiger partial charge on any atom is -0.292 e. The molecule has 3 aromatic carbocycles. The number of nitrogens with zero attached hydrogens (tertiary/aromatic N) is 1. The Labute approximate surface area is 163 Å². The molecular formula is C22H18FNO3S. The summed E-state index contributed by atoms with van der Waals surface area (Å²) in [6.07, 6.45) is 0. The van der Waals surface area contributed by atoms with Crippen LogP contribution in [-0.2, 0) is 10.0 Å². The highest BCUT2D eigenvalue weighted by molar-refractivity contribution is 7.89. The molecule has 0 aliphatic carbocycles. The van der Waals surface area contributed by atoms with Gasteiger partial charge in [-0.1, -0.05) is 60.2 Å². The van der Waals surface area contributed by atoms with E-state index in [-0.39, 0.29) is 10.7 Å². The molecule has 0 amide bonds. The lowest BCUT2D eigenvalue weighted by Gasteiger charge is -2.07. The molecule has 0 radical (unpaired) electrons. The molecule has 0 saturated carbocycles. The van der Waals surface area contributed by atoms with Gasteiger partial charge in [0.2, 0.25) is 10.0 Å². The van der Waals surface area contributed by atoms with Crippen LogP contribution in [-0.4, -0.2) is 24.5 Å². The first-order chi connectivity index (χ1) is 13.4. The number of sulfonamides is 1. The largest absolute Gasteiger partial charge is 0.292 e. The third-order valence-corrected chi connectivity index (χ3v) is 6.77. The van der Waals surface area contributed by atoms with Crippen molar-refractivity contribution in [1.82, 2.24) is 4.31 Å². The van der Waals surface area contributed by atoms with Gasteiger partial charge in [0.25, 0.3) is 0 Å². The first-order valence-electron chi connectivity index (χ1n) is 8.84. The average Bonchev–Trinajstić information content (AvgIpc) is 3.45. The molecule has 28 heavy (non-hydrogen) atoms. The number of hydrogen-bond donors (Lipinski definition) is 0. The number of rotatable bonds is 5. The summed E-state index contributed by atoms with van der Waals surface area (Å²) in [5.74, 6) is -0.686. The number of aryl methyl sites for hydroxylation is 1. The van der Waals surface area contributed by atoms with Gasteiger partial charge >= 0.3 is 0 Å². The van der Waals surface area contributed by atoms with Gasteiger partial charge in [-0.25, -0.2) is 12.8 Å². The lowest BCUT2D eigenvalue weighted by atomic mass is 10.0. The normalized spacial score (nSPS) is 21.3. The molecule has 0 bridgehead atoms. The summed E-state index contributed by atoms with van der Waals surface area (Å²) >= 11 is 0. The Morgan fingerprint density at radius 2 is 1.50 bits per heavy atom. The summed E-state index contributed by atoms with van der Waals surface area (Å²) in [4.78, 5) is 13.2. The number of carbonyl (C=O) groups is 1. The number of Topliss-reactive ketones (excluding diaryl/α,β-unsaturated/α-hetero) is 1. The van der Waals surface area contributed by atoms with Crippen LogP contribution in [0.5, 0.6) is 0 Å². The first kappa shape index (κ1) is 18.5. The molecule has 1 heterocycles. The third-order valence-electron chi connectivity index (χ3n) is 4.89. The molecule has 0 N–H and O–H groups in total. The van der Waals surface area contributed by atoms with Crippen LogP contribution in [0.2, 0.25) is 0 Å². The van der Waals surface area contributed by atoms with Crippen molar-refractivity contribution >= 4 is 15.8 Å². The highest BCUT2D eigenvalue weighted by atomic mass is 32.2. The van der Waals surface area contributed by atoms with Gasteiger partial charge in [0.05, 0.1) is 10.9 Å². The molecule has 3 aromatic rings. The summed E-state index contributed by atoms with van der Waals surface area (Å²) < 4.78 is 40.9. The number of halogens is 1. The van der Waals surface area contributed by atoms with Gasteiger partial charge in [0, 0.05) is 5.56 Å². The highest BCUT2D eigenvalue weighted by Gasteiger charge is 2.60. The van der Waals surface area contributed by atoms with Crippen molar-refractivity contribution in [1.29, 1.82) is 0 Å². The molecule has 1 aliphatic heterocycles. The maximum absolute atomic E-state index is 13.3. The molecule has 4 rings (SSSR count). The minimum atomic E-state index is -3.87. The molecule has 1 aliphatic rings. The summed E-state index contributed by atoms with van der Waals surface area (Å²) in [6, 6.07) is 19.2. The molecule has 3 atom stereocenters. The van der Waals surface area contributed by atoms with Crippen molar-refractivity contribution in [3.05, 3.63) is 101 Å². The lowest BCUT2D eigenvalue weighted by Crippen LogP contribution is -2.19. The van der Waals surface area contributed by atoms with Gasteiger partial charge in [-0.2, -0.15) is 4.31 Å². The van der Waals surface area contributed by atoms with Crippen molar-refractivity contribution in [3.63, 3.8) is 0 Å². The zero-order valence-electron chi connectivity index (χ0n) is 15.1. The molecule has 6 heteroatoms. The monoisotopic (exact) mass is 395 g/mol. The Morgan fingerprint density at radius 1 is 0.893 bits per heavy atom. The van der Waals surface area contributed by atoms with Gasteiger partial charge in [0.15, 0.2) is 5.78 Å². The van der Waals surface area contributed by atoms with E-state index >= 15 is 0 Å². The van der Waals surface area contributed by atoms with Crippen LogP contribution in [0.1, 0.15) is 27.5 Å². The van der Waals surface area contributed by atoms with Gasteiger partial charge in [0.1, 0.15) is 11.9 Å². The molecular weight excluding hydrogens is 377 g/mol. The van der Waals surface area contributed by atoms with E-state index in [4.69, 9.17) is 0 Å². The molecule has 0 aromatic heterocycles. The second-order valence-electron chi connectivity index (χ2n) is 6.82. The van der Waals surface area contributed by atoms with Crippen LogP contribution in [0, 0.1) is 12.7 Å². The predicted octanol–water partition coefficient (Wildman–Crippen LogP) is 4.13. The number of hydrogen-bond acceptors (Lipinski definition) is 3. The predicted molar refractivity (Wildman–Crippen MR) is 104 cm³/mol. The van der Waals surface area contributed by atoms with Gasteiger partial charge < -0.3 is 0 Å². The fourth-order valence-corrected chi connectivity index (χ4v) is 5.08. The van der Waals surface area contributed by atoms with E-state index in [1.807, 2.05) is 6.92 Å². The van der Waals surface area contributed by atoms with Gasteiger partial charge in [-0.05, 0) is 36.8 Å². The lowest BCUT2D eigenvalue weighted by molar-refractivity contribution is 0.0981. The summed E-state index contributed by atoms with van der Waals surface area (Å²) in [5, 5.41) is 0. The Hall–Kier alpha value is -2.83. The molecule has 1 unspecified atom stereocenters. The van der Waals surface area contributed by atoms with E-state index in [2.05, 4.69) is 0 Å². The summed E-state index contributed by atoms with van der Waals surface area (Å²) in [5.41, 5.74) is 1.98. The van der Waals surface area contributed by atoms with E-state index in [1.165, 1.54) is 40.7 Å². The van der Waals surface area contributed by atoms with Gasteiger partial charge in [-0.15, -0.1) is 0 Å². The highest BCUT2D eigenvalue weighted by Crippen LogP contribution is 2.49. The maximum atomic E-state index is 13.3. The fraction of sp³-hybridized carbons (Fsp3) is 0.136. The van der Waals surface area contributed by atoms with Crippen LogP contribution in [0.15, 0.2) is 83.8 Å². The summed E-state index contributed by atoms with van der Waals surface area (Å²) in [7, 11) is -3.87. The Morgan fingerprint density at radius 3 is 2.11 bits per heavy atom. The molecule has 0 spiro atoms. The van der Waals surface area contributed by atoms with Crippen molar-refractivity contribution < 1.29 is 17.6 Å². The third kappa shape index (κ3) is 3.25. The van der Waals surface area contributed by atoms with E-state index in [0.717, 1.165) is 5.56 Å². The standard InChI is InChI=1S/C22H18FNO3S/c1-15-7-13-19(14-8-15)28(26,27)24-20(16-9-11-18(23)12-10-16)21(24)22(25)17-5-3-2-4-6-17/h2-14,20-21H,1H3/t20-,21+,24?/m1/s1. The first-order valence-corrected chi connectivity index (χ1v) is 10.3. The fourth-order valence-electron chi connectivity index (χ4n) is 3.36. The van der Waals surface area contributed by atoms with Crippen LogP contribution < -0.4 is 0 Å². The van der Waals surface area contributed by atoms with E-state index in [9.17, 15) is 17.6 Å². The maximum Gasteiger partial charge on any atom is 0.244 e. The zero-order valence-corrected chi connectivity index (χ0v) is 15.9. The second-order valence-corrected chi connectivity index (χ2v) is 8.66. The van der Waals surface area contributed by atoms with Gasteiger partial charge in [-0.3, -0.25) is 4.79 Å². The van der Waals surface area contributed by atoms with E-state index in [1.54, 1.807) is 42.5 Å². The average molecular weight is 395 g/mol. The second kappa shape index (κ2) is 6.96. The topological polar surface area (TPSA) is 54.2 Å². The van der Waals surface area contributed by atoms with Crippen molar-refractivity contribution in [2.45, 2.75) is 23.9 Å². The van der Waals surface area contributed by atoms with Crippen molar-refractivity contribution in [2.75, 3.05) is 0 Å². The Balaban J connectivity index is 1.75. The molecule has 142 valence electrons. The van der Waals surface area contributed by atoms with E-state index < -0.39 is 27.9 Å². The number of ketones is 1. The minimum absolute atomic E-state index is 0.133. The smallest absolute Gasteiger partial charge is 0.244 e. The number of carbonyl (C=O) groups excluding carboxylic acids is 1. The number of benzene rings is 3. The summed E-state index contributed by atoms with van der Waals surface area (Å²) in [6.45, 7) is 1.87. The van der Waals surface area contributed by atoms with Crippen LogP contribution in [0.25, 0.3) is 0 Å². The molecule has 1 saturated heterocycles. The quantitative estimate of drug-likeness (QED) is 0.482. The Kier molecular flexibility index (Phi) is 4.61. The van der Waals surface area contributed by atoms with Crippen LogP contribution >= 0.6 is 0 Å². The zero-order chi connectivity index (χ0) is 19.9. The van der Waals surface area contributed by atoms with Crippen LogP contribution in [0.3, 0.4) is 0 Å². The van der Waals surface area contributed by atoms with E-state index in [0.29, 0.717) is 11.1 Å².